The first-order valence-corrected chi connectivity index (χ1v) is 6.51. The largest absolute Gasteiger partial charge is 0.397 e. The summed E-state index contributed by atoms with van der Waals surface area (Å²) < 4.78 is 0.925. The lowest BCUT2D eigenvalue weighted by Gasteiger charge is -2.10. The standard InChI is InChI=1S/C13H15BrN4/c1-9-11(15)8-18-13(12(9)14)17-6-4-10-3-2-5-16-7-10/h2-3,5,7-8H,4,6,15H2,1H3,(H,17,18). The number of rotatable bonds is 4. The van der Waals surface area contributed by atoms with Gasteiger partial charge in [0.2, 0.25) is 0 Å². The molecule has 2 aromatic rings. The van der Waals surface area contributed by atoms with Crippen molar-refractivity contribution in [2.75, 3.05) is 17.6 Å². The predicted molar refractivity (Wildman–Crippen MR) is 77.5 cm³/mol. The zero-order chi connectivity index (χ0) is 13.0. The number of halogens is 1. The van der Waals surface area contributed by atoms with Gasteiger partial charge in [0.15, 0.2) is 0 Å². The van der Waals surface area contributed by atoms with E-state index in [2.05, 4.69) is 37.3 Å². The average molecular weight is 307 g/mol. The Labute approximate surface area is 115 Å². The van der Waals surface area contributed by atoms with Crippen LogP contribution in [0.1, 0.15) is 11.1 Å². The molecule has 0 fully saturated rings. The molecular formula is C13H15BrN4. The highest BCUT2D eigenvalue weighted by molar-refractivity contribution is 9.10. The summed E-state index contributed by atoms with van der Waals surface area (Å²) in [6, 6.07) is 4.00. The Kier molecular flexibility index (Phi) is 4.15. The second-order valence-corrected chi connectivity index (χ2v) is 4.83. The van der Waals surface area contributed by atoms with Crippen molar-refractivity contribution in [3.63, 3.8) is 0 Å². The van der Waals surface area contributed by atoms with Crippen LogP contribution in [0.5, 0.6) is 0 Å². The average Bonchev–Trinajstić information content (AvgIpc) is 2.40. The van der Waals surface area contributed by atoms with Gasteiger partial charge < -0.3 is 11.1 Å². The molecule has 18 heavy (non-hydrogen) atoms. The Morgan fingerprint density at radius 3 is 2.94 bits per heavy atom. The fraction of sp³-hybridized carbons (Fsp3) is 0.231. The van der Waals surface area contributed by atoms with Crippen molar-refractivity contribution in [3.05, 3.63) is 46.3 Å². The maximum atomic E-state index is 5.78. The molecule has 94 valence electrons. The normalized spacial score (nSPS) is 10.3. The number of nitrogen functional groups attached to an aromatic ring is 1. The maximum Gasteiger partial charge on any atom is 0.140 e. The molecule has 3 N–H and O–H groups in total. The number of nitrogens with one attached hydrogen (secondary N) is 1. The third-order valence-electron chi connectivity index (χ3n) is 2.73. The second-order valence-electron chi connectivity index (χ2n) is 4.04. The minimum absolute atomic E-state index is 0.694. The number of nitrogens with two attached hydrogens (primary N) is 1. The molecule has 0 saturated heterocycles. The highest BCUT2D eigenvalue weighted by Gasteiger charge is 2.06. The van der Waals surface area contributed by atoms with Crippen LogP contribution >= 0.6 is 15.9 Å². The number of hydrogen-bond acceptors (Lipinski definition) is 4. The zero-order valence-electron chi connectivity index (χ0n) is 10.2. The van der Waals surface area contributed by atoms with Crippen LogP contribution in [0.15, 0.2) is 35.2 Å². The van der Waals surface area contributed by atoms with Gasteiger partial charge in [-0.05, 0) is 46.5 Å². The number of anilines is 2. The van der Waals surface area contributed by atoms with Gasteiger partial charge in [-0.15, -0.1) is 0 Å². The predicted octanol–water partition coefficient (Wildman–Crippen LogP) is 2.78. The van der Waals surface area contributed by atoms with E-state index in [1.54, 1.807) is 12.4 Å². The van der Waals surface area contributed by atoms with Gasteiger partial charge >= 0.3 is 0 Å². The molecule has 2 rings (SSSR count). The molecule has 0 radical (unpaired) electrons. The smallest absolute Gasteiger partial charge is 0.140 e. The molecule has 0 aliphatic rings. The van der Waals surface area contributed by atoms with Gasteiger partial charge in [-0.25, -0.2) is 4.98 Å². The number of nitrogens with zero attached hydrogens (tertiary/aromatic N) is 2. The fourth-order valence-corrected chi connectivity index (χ4v) is 2.06. The van der Waals surface area contributed by atoms with Crippen LogP contribution in [0.25, 0.3) is 0 Å². The van der Waals surface area contributed by atoms with Gasteiger partial charge in [0.1, 0.15) is 5.82 Å². The monoisotopic (exact) mass is 306 g/mol. The van der Waals surface area contributed by atoms with Gasteiger partial charge in [0.25, 0.3) is 0 Å². The van der Waals surface area contributed by atoms with E-state index >= 15 is 0 Å². The van der Waals surface area contributed by atoms with E-state index in [0.29, 0.717) is 5.69 Å². The van der Waals surface area contributed by atoms with Crippen LogP contribution < -0.4 is 11.1 Å². The summed E-state index contributed by atoms with van der Waals surface area (Å²) in [4.78, 5) is 8.36. The van der Waals surface area contributed by atoms with Gasteiger partial charge in [-0.3, -0.25) is 4.98 Å². The van der Waals surface area contributed by atoms with Gasteiger partial charge in [0.05, 0.1) is 16.4 Å². The van der Waals surface area contributed by atoms with Crippen molar-refractivity contribution >= 4 is 27.4 Å². The maximum absolute atomic E-state index is 5.78. The highest BCUT2D eigenvalue weighted by Crippen LogP contribution is 2.27. The molecule has 0 unspecified atom stereocenters. The topological polar surface area (TPSA) is 63.8 Å². The van der Waals surface area contributed by atoms with Gasteiger partial charge in [0, 0.05) is 18.9 Å². The Morgan fingerprint density at radius 2 is 2.22 bits per heavy atom. The molecule has 0 amide bonds. The van der Waals surface area contributed by atoms with E-state index in [9.17, 15) is 0 Å². The lowest BCUT2D eigenvalue weighted by atomic mass is 10.2. The number of aromatic nitrogens is 2. The second kappa shape index (κ2) is 5.82. The van der Waals surface area contributed by atoms with E-state index in [1.165, 1.54) is 5.56 Å². The molecule has 0 bridgehead atoms. The lowest BCUT2D eigenvalue weighted by Crippen LogP contribution is -2.08. The molecular weight excluding hydrogens is 292 g/mol. The van der Waals surface area contributed by atoms with Crippen molar-refractivity contribution in [1.29, 1.82) is 0 Å². The molecule has 4 nitrogen and oxygen atoms in total. The summed E-state index contributed by atoms with van der Waals surface area (Å²) in [7, 11) is 0. The number of hydrogen-bond donors (Lipinski definition) is 2. The Bertz CT molecular complexity index is 528. The van der Waals surface area contributed by atoms with E-state index in [0.717, 1.165) is 28.8 Å². The SMILES string of the molecule is Cc1c(N)cnc(NCCc2cccnc2)c1Br. The first-order chi connectivity index (χ1) is 8.68. The molecule has 0 spiro atoms. The Hall–Kier alpha value is -1.62. The van der Waals surface area contributed by atoms with E-state index in [1.807, 2.05) is 19.2 Å². The van der Waals surface area contributed by atoms with Gasteiger partial charge in [-0.2, -0.15) is 0 Å². The first kappa shape index (κ1) is 12.8. The van der Waals surface area contributed by atoms with E-state index in [-0.39, 0.29) is 0 Å². The summed E-state index contributed by atoms with van der Waals surface area (Å²) in [5.41, 5.74) is 8.69. The Balaban J connectivity index is 1.97. The highest BCUT2D eigenvalue weighted by atomic mass is 79.9. The molecule has 0 saturated carbocycles. The van der Waals surface area contributed by atoms with Crippen molar-refractivity contribution in [1.82, 2.24) is 9.97 Å². The molecule has 2 aromatic heterocycles. The minimum atomic E-state index is 0.694. The third-order valence-corrected chi connectivity index (χ3v) is 3.70. The summed E-state index contributed by atoms with van der Waals surface area (Å²) in [6.45, 7) is 2.77. The van der Waals surface area contributed by atoms with Crippen LogP contribution in [0.3, 0.4) is 0 Å². The molecule has 5 heteroatoms. The summed E-state index contributed by atoms with van der Waals surface area (Å²) >= 11 is 3.50. The lowest BCUT2D eigenvalue weighted by molar-refractivity contribution is 0.991. The van der Waals surface area contributed by atoms with Crippen LogP contribution in [-0.4, -0.2) is 16.5 Å². The molecule has 0 aromatic carbocycles. The quantitative estimate of drug-likeness (QED) is 0.911. The van der Waals surface area contributed by atoms with E-state index < -0.39 is 0 Å². The summed E-state index contributed by atoms with van der Waals surface area (Å²) in [6.07, 6.45) is 6.23. The van der Waals surface area contributed by atoms with Gasteiger partial charge in [-0.1, -0.05) is 6.07 Å². The van der Waals surface area contributed by atoms with Crippen LogP contribution in [0, 0.1) is 6.92 Å². The molecule has 0 aliphatic heterocycles. The molecule has 2 heterocycles. The summed E-state index contributed by atoms with van der Waals surface area (Å²) in [5, 5.41) is 3.29. The third kappa shape index (κ3) is 2.98. The van der Waals surface area contributed by atoms with Crippen molar-refractivity contribution in [2.45, 2.75) is 13.3 Å². The molecule has 0 atom stereocenters. The van der Waals surface area contributed by atoms with Crippen molar-refractivity contribution < 1.29 is 0 Å². The Morgan fingerprint density at radius 1 is 1.39 bits per heavy atom. The fourth-order valence-electron chi connectivity index (χ4n) is 1.59. The van der Waals surface area contributed by atoms with Crippen molar-refractivity contribution in [3.8, 4) is 0 Å². The minimum Gasteiger partial charge on any atom is -0.397 e. The number of pyridine rings is 2. The van der Waals surface area contributed by atoms with Crippen molar-refractivity contribution in [2.24, 2.45) is 0 Å². The zero-order valence-corrected chi connectivity index (χ0v) is 11.7. The molecule has 0 aliphatic carbocycles. The van der Waals surface area contributed by atoms with Crippen LogP contribution in [-0.2, 0) is 6.42 Å². The summed E-state index contributed by atoms with van der Waals surface area (Å²) in [5.74, 6) is 0.825. The van der Waals surface area contributed by atoms with E-state index in [4.69, 9.17) is 5.73 Å². The first-order valence-electron chi connectivity index (χ1n) is 5.72. The van der Waals surface area contributed by atoms with Crippen LogP contribution in [0.4, 0.5) is 11.5 Å². The van der Waals surface area contributed by atoms with Crippen LogP contribution in [0.2, 0.25) is 0 Å².